The third-order valence-electron chi connectivity index (χ3n) is 4.19. The van der Waals surface area contributed by atoms with Crippen molar-refractivity contribution in [2.75, 3.05) is 6.54 Å². The van der Waals surface area contributed by atoms with Crippen molar-refractivity contribution in [3.63, 3.8) is 0 Å². The van der Waals surface area contributed by atoms with Crippen molar-refractivity contribution in [2.24, 2.45) is 0 Å². The lowest BCUT2D eigenvalue weighted by atomic mass is 10.2. The van der Waals surface area contributed by atoms with Crippen molar-refractivity contribution >= 4 is 11.6 Å². The fourth-order valence-corrected chi connectivity index (χ4v) is 3.20. The van der Waals surface area contributed by atoms with Crippen LogP contribution in [0.25, 0.3) is 5.65 Å². The van der Waals surface area contributed by atoms with Crippen molar-refractivity contribution in [3.8, 4) is 0 Å². The number of aryl methyl sites for hydroxylation is 1. The molecule has 0 unspecified atom stereocenters. The lowest BCUT2D eigenvalue weighted by Crippen LogP contribution is -2.37. The highest BCUT2D eigenvalue weighted by atomic mass is 16.4. The Morgan fingerprint density at radius 3 is 2.86 bits per heavy atom. The van der Waals surface area contributed by atoms with Crippen LogP contribution in [0.2, 0.25) is 0 Å². The van der Waals surface area contributed by atoms with Crippen LogP contribution in [0.4, 0.5) is 0 Å². The number of nitrogens with zero attached hydrogens (tertiary/aromatic N) is 3. The summed E-state index contributed by atoms with van der Waals surface area (Å²) in [5.74, 6) is -0.762. The Morgan fingerprint density at radius 1 is 1.38 bits per heavy atom. The van der Waals surface area contributed by atoms with Gasteiger partial charge in [-0.05, 0) is 31.4 Å². The second-order valence-corrected chi connectivity index (χ2v) is 5.94. The van der Waals surface area contributed by atoms with Gasteiger partial charge >= 0.3 is 5.97 Å². The molecule has 2 aromatic heterocycles. The van der Waals surface area contributed by atoms with Crippen molar-refractivity contribution in [3.05, 3.63) is 35.8 Å². The quantitative estimate of drug-likeness (QED) is 0.918. The van der Waals surface area contributed by atoms with Gasteiger partial charge in [-0.1, -0.05) is 18.9 Å². The van der Waals surface area contributed by atoms with Crippen LogP contribution in [0.15, 0.2) is 24.5 Å². The van der Waals surface area contributed by atoms with Crippen molar-refractivity contribution in [1.82, 2.24) is 14.3 Å². The summed E-state index contributed by atoms with van der Waals surface area (Å²) in [5.41, 5.74) is 3.04. The van der Waals surface area contributed by atoms with Crippen LogP contribution in [-0.2, 0) is 11.3 Å². The molecule has 0 saturated heterocycles. The minimum absolute atomic E-state index is 0.0948. The Bertz CT molecular complexity index is 644. The molecule has 0 aliphatic heterocycles. The van der Waals surface area contributed by atoms with Crippen molar-refractivity contribution in [2.45, 2.75) is 45.2 Å². The minimum atomic E-state index is -0.762. The first-order chi connectivity index (χ1) is 10.1. The third kappa shape index (κ3) is 3.24. The molecule has 3 rings (SSSR count). The number of fused-ring (bicyclic) bond motifs is 1. The summed E-state index contributed by atoms with van der Waals surface area (Å²) in [7, 11) is 0. The smallest absolute Gasteiger partial charge is 0.317 e. The highest BCUT2D eigenvalue weighted by molar-refractivity contribution is 5.69. The number of pyridine rings is 1. The van der Waals surface area contributed by atoms with E-state index in [1.54, 1.807) is 0 Å². The van der Waals surface area contributed by atoms with Gasteiger partial charge in [0.1, 0.15) is 5.65 Å². The number of aromatic nitrogens is 2. The van der Waals surface area contributed by atoms with Crippen LogP contribution in [0.5, 0.6) is 0 Å². The highest BCUT2D eigenvalue weighted by Gasteiger charge is 2.25. The molecule has 1 N–H and O–H groups in total. The lowest BCUT2D eigenvalue weighted by Gasteiger charge is -2.26. The highest BCUT2D eigenvalue weighted by Crippen LogP contribution is 2.24. The summed E-state index contributed by atoms with van der Waals surface area (Å²) >= 11 is 0. The molecule has 2 heterocycles. The molecule has 1 saturated carbocycles. The van der Waals surface area contributed by atoms with E-state index >= 15 is 0 Å². The van der Waals surface area contributed by atoms with Crippen LogP contribution in [0, 0.1) is 6.92 Å². The molecule has 5 heteroatoms. The van der Waals surface area contributed by atoms with Gasteiger partial charge in [0.15, 0.2) is 0 Å². The van der Waals surface area contributed by atoms with E-state index in [4.69, 9.17) is 5.11 Å². The molecule has 1 aliphatic carbocycles. The summed E-state index contributed by atoms with van der Waals surface area (Å²) in [6.07, 6.45) is 8.64. The Morgan fingerprint density at radius 2 is 2.14 bits per heavy atom. The Balaban J connectivity index is 1.80. The van der Waals surface area contributed by atoms with Crippen LogP contribution < -0.4 is 0 Å². The number of carboxylic acids is 1. The summed E-state index contributed by atoms with van der Waals surface area (Å²) < 4.78 is 2.01. The lowest BCUT2D eigenvalue weighted by molar-refractivity contribution is -0.139. The van der Waals surface area contributed by atoms with Crippen LogP contribution in [0.1, 0.15) is 36.9 Å². The number of hydrogen-bond donors (Lipinski definition) is 1. The second kappa shape index (κ2) is 5.85. The molecule has 21 heavy (non-hydrogen) atoms. The van der Waals surface area contributed by atoms with E-state index in [0.29, 0.717) is 12.6 Å². The van der Waals surface area contributed by atoms with Gasteiger partial charge in [-0.3, -0.25) is 9.69 Å². The molecule has 0 amide bonds. The first-order valence-electron chi connectivity index (χ1n) is 7.52. The van der Waals surface area contributed by atoms with Crippen LogP contribution >= 0.6 is 0 Å². The fraction of sp³-hybridized carbons (Fsp3) is 0.500. The van der Waals surface area contributed by atoms with Crippen molar-refractivity contribution < 1.29 is 9.90 Å². The second-order valence-electron chi connectivity index (χ2n) is 5.94. The van der Waals surface area contributed by atoms with E-state index in [1.807, 2.05) is 35.9 Å². The molecule has 0 atom stereocenters. The topological polar surface area (TPSA) is 57.8 Å². The molecule has 0 bridgehead atoms. The van der Waals surface area contributed by atoms with Gasteiger partial charge in [-0.2, -0.15) is 0 Å². The maximum atomic E-state index is 11.1. The maximum Gasteiger partial charge on any atom is 0.317 e. The predicted octanol–water partition coefficient (Wildman–Crippen LogP) is 2.47. The SMILES string of the molecule is Cc1ccc2nc(CN(CC(=O)O)C3CCCC3)cn2c1. The molecule has 1 fully saturated rings. The molecule has 2 aromatic rings. The number of hydrogen-bond acceptors (Lipinski definition) is 3. The Labute approximate surface area is 124 Å². The third-order valence-corrected chi connectivity index (χ3v) is 4.19. The molecule has 112 valence electrons. The zero-order valence-electron chi connectivity index (χ0n) is 12.3. The minimum Gasteiger partial charge on any atom is -0.480 e. The van der Waals surface area contributed by atoms with E-state index in [1.165, 1.54) is 18.4 Å². The van der Waals surface area contributed by atoms with E-state index in [2.05, 4.69) is 9.88 Å². The average Bonchev–Trinajstić information content (AvgIpc) is 3.05. The normalized spacial score (nSPS) is 16.1. The van der Waals surface area contributed by atoms with Gasteiger partial charge in [-0.15, -0.1) is 0 Å². The summed E-state index contributed by atoms with van der Waals surface area (Å²) in [4.78, 5) is 17.8. The monoisotopic (exact) mass is 287 g/mol. The van der Waals surface area contributed by atoms with Gasteiger partial charge in [0.2, 0.25) is 0 Å². The molecular weight excluding hydrogens is 266 g/mol. The Hall–Kier alpha value is -1.88. The zero-order valence-corrected chi connectivity index (χ0v) is 12.3. The number of carbonyl (C=O) groups is 1. The molecule has 1 aliphatic rings. The fourth-order valence-electron chi connectivity index (χ4n) is 3.20. The van der Waals surface area contributed by atoms with E-state index in [9.17, 15) is 4.79 Å². The molecule has 0 radical (unpaired) electrons. The van der Waals surface area contributed by atoms with Crippen LogP contribution in [0.3, 0.4) is 0 Å². The summed E-state index contributed by atoms with van der Waals surface area (Å²) in [5, 5.41) is 9.13. The summed E-state index contributed by atoms with van der Waals surface area (Å²) in [6, 6.07) is 4.42. The van der Waals surface area contributed by atoms with E-state index < -0.39 is 5.97 Å². The maximum absolute atomic E-state index is 11.1. The van der Waals surface area contributed by atoms with Gasteiger partial charge < -0.3 is 9.51 Å². The standard InChI is InChI=1S/C16H21N3O2/c1-12-6-7-15-17-13(10-19(15)8-12)9-18(11-16(20)21)14-4-2-3-5-14/h6-8,10,14H,2-5,9,11H2,1H3,(H,20,21). The summed E-state index contributed by atoms with van der Waals surface area (Å²) in [6.45, 7) is 2.75. The van der Waals surface area contributed by atoms with E-state index in [-0.39, 0.29) is 6.54 Å². The van der Waals surface area contributed by atoms with Gasteiger partial charge in [0, 0.05) is 25.0 Å². The van der Waals surface area contributed by atoms with E-state index in [0.717, 1.165) is 24.2 Å². The molecule has 5 nitrogen and oxygen atoms in total. The molecule has 0 spiro atoms. The van der Waals surface area contributed by atoms with Gasteiger partial charge in [0.25, 0.3) is 0 Å². The molecule has 0 aromatic carbocycles. The first-order valence-corrected chi connectivity index (χ1v) is 7.52. The molecular formula is C16H21N3O2. The Kier molecular flexibility index (Phi) is 3.92. The average molecular weight is 287 g/mol. The number of imidazole rings is 1. The predicted molar refractivity (Wildman–Crippen MR) is 80.2 cm³/mol. The van der Waals surface area contributed by atoms with Crippen LogP contribution in [-0.4, -0.2) is 37.9 Å². The largest absolute Gasteiger partial charge is 0.480 e. The number of aliphatic carboxylic acids is 1. The number of carboxylic acid groups (broad SMARTS) is 1. The van der Waals surface area contributed by atoms with Gasteiger partial charge in [0.05, 0.1) is 12.2 Å². The van der Waals surface area contributed by atoms with Crippen molar-refractivity contribution in [1.29, 1.82) is 0 Å². The number of rotatable bonds is 5. The van der Waals surface area contributed by atoms with Gasteiger partial charge in [-0.25, -0.2) is 4.98 Å². The zero-order chi connectivity index (χ0) is 14.8. The first kappa shape index (κ1) is 14.1.